The third kappa shape index (κ3) is 4.42. The number of aryl methyl sites for hydroxylation is 2. The molecule has 26 heavy (non-hydrogen) atoms. The number of nitrogens with one attached hydrogen (secondary N) is 2. The first-order valence-electron chi connectivity index (χ1n) is 9.06. The highest BCUT2D eigenvalue weighted by molar-refractivity contribution is 5.94. The summed E-state index contributed by atoms with van der Waals surface area (Å²) < 4.78 is 0. The Labute approximate surface area is 154 Å². The smallest absolute Gasteiger partial charge is 0.319 e. The van der Waals surface area contributed by atoms with Gasteiger partial charge in [0.1, 0.15) is 6.04 Å². The van der Waals surface area contributed by atoms with Crippen LogP contribution in [0.25, 0.3) is 0 Å². The lowest BCUT2D eigenvalue weighted by molar-refractivity contribution is -0.129. The van der Waals surface area contributed by atoms with Gasteiger partial charge in [-0.1, -0.05) is 48.9 Å². The van der Waals surface area contributed by atoms with Crippen molar-refractivity contribution in [2.45, 2.75) is 39.3 Å². The maximum absolute atomic E-state index is 12.5. The molecule has 1 heterocycles. The largest absolute Gasteiger partial charge is 0.336 e. The zero-order valence-corrected chi connectivity index (χ0v) is 15.3. The number of benzene rings is 2. The van der Waals surface area contributed by atoms with Crippen molar-refractivity contribution in [1.29, 1.82) is 0 Å². The Bertz CT molecular complexity index is 769. The van der Waals surface area contributed by atoms with Gasteiger partial charge in [0.15, 0.2) is 0 Å². The predicted molar refractivity (Wildman–Crippen MR) is 103 cm³/mol. The molecule has 2 aromatic carbocycles. The summed E-state index contributed by atoms with van der Waals surface area (Å²) in [5.41, 5.74) is 4.24. The molecule has 1 aliphatic heterocycles. The fourth-order valence-corrected chi connectivity index (χ4v) is 3.09. The molecular formula is C21H25N3O2. The molecule has 0 saturated carbocycles. The van der Waals surface area contributed by atoms with E-state index >= 15 is 0 Å². The summed E-state index contributed by atoms with van der Waals surface area (Å²) in [5.74, 6) is -0.0259. The molecule has 1 atom stereocenters. The molecule has 1 fully saturated rings. The molecule has 3 amide bonds. The zero-order valence-electron chi connectivity index (χ0n) is 15.3. The molecule has 5 heteroatoms. The summed E-state index contributed by atoms with van der Waals surface area (Å²) in [6.07, 6.45) is 1.59. The minimum atomic E-state index is -0.463. The van der Waals surface area contributed by atoms with Crippen LogP contribution in [0.3, 0.4) is 0 Å². The van der Waals surface area contributed by atoms with Gasteiger partial charge in [-0.2, -0.15) is 0 Å². The van der Waals surface area contributed by atoms with Crippen LogP contribution in [0.5, 0.6) is 0 Å². The summed E-state index contributed by atoms with van der Waals surface area (Å²) in [6, 6.07) is 15.1. The zero-order chi connectivity index (χ0) is 18.5. The normalized spacial score (nSPS) is 16.6. The van der Waals surface area contributed by atoms with Gasteiger partial charge in [0.2, 0.25) is 5.91 Å². The van der Waals surface area contributed by atoms with Crippen LogP contribution in [0.1, 0.15) is 30.0 Å². The number of carbonyl (C=O) groups excluding carboxylic acids is 2. The van der Waals surface area contributed by atoms with Gasteiger partial charge in [-0.15, -0.1) is 0 Å². The molecular weight excluding hydrogens is 326 g/mol. The fourth-order valence-electron chi connectivity index (χ4n) is 3.09. The number of rotatable bonds is 5. The molecule has 0 aromatic heterocycles. The Morgan fingerprint density at radius 3 is 2.38 bits per heavy atom. The summed E-state index contributed by atoms with van der Waals surface area (Å²) in [6.45, 7) is 5.36. The van der Waals surface area contributed by atoms with E-state index in [4.69, 9.17) is 0 Å². The fraction of sp³-hybridized carbons (Fsp3) is 0.333. The van der Waals surface area contributed by atoms with Crippen molar-refractivity contribution in [3.63, 3.8) is 0 Å². The van der Waals surface area contributed by atoms with E-state index in [0.717, 1.165) is 17.7 Å². The highest BCUT2D eigenvalue weighted by atomic mass is 16.2. The summed E-state index contributed by atoms with van der Waals surface area (Å²) in [5, 5.41) is 5.58. The summed E-state index contributed by atoms with van der Waals surface area (Å²) in [7, 11) is 0. The molecule has 2 N–H and O–H groups in total. The number of hydrogen-bond donors (Lipinski definition) is 2. The third-order valence-electron chi connectivity index (χ3n) is 4.72. The molecule has 2 aromatic rings. The molecule has 5 nitrogen and oxygen atoms in total. The Morgan fingerprint density at radius 2 is 1.73 bits per heavy atom. The number of carbonyl (C=O) groups is 2. The van der Waals surface area contributed by atoms with Crippen LogP contribution in [0, 0.1) is 6.92 Å². The Kier molecular flexibility index (Phi) is 5.56. The second-order valence-electron chi connectivity index (χ2n) is 6.74. The van der Waals surface area contributed by atoms with Crippen molar-refractivity contribution < 1.29 is 9.59 Å². The minimum absolute atomic E-state index is 0.0259. The molecule has 0 radical (unpaired) electrons. The lowest BCUT2D eigenvalue weighted by Crippen LogP contribution is -2.43. The van der Waals surface area contributed by atoms with Gasteiger partial charge in [-0.25, -0.2) is 4.79 Å². The quantitative estimate of drug-likeness (QED) is 0.866. The first kappa shape index (κ1) is 18.0. The van der Waals surface area contributed by atoms with Crippen LogP contribution in [0.15, 0.2) is 48.5 Å². The van der Waals surface area contributed by atoms with Gasteiger partial charge in [0.05, 0.1) is 0 Å². The standard InChI is InChI=1S/C21H25N3O2/c1-3-16-8-10-18(11-9-16)22-21(26)23-19-12-13-24(20(19)25)14-17-6-4-15(2)5-7-17/h4-11,19H,3,12-14H2,1-2H3,(H2,22,23,26)/t19-/m0/s1. The van der Waals surface area contributed by atoms with Crippen molar-refractivity contribution in [1.82, 2.24) is 10.2 Å². The van der Waals surface area contributed by atoms with Gasteiger partial charge in [-0.05, 0) is 43.0 Å². The maximum atomic E-state index is 12.5. The van der Waals surface area contributed by atoms with Crippen molar-refractivity contribution >= 4 is 17.6 Å². The van der Waals surface area contributed by atoms with E-state index in [9.17, 15) is 9.59 Å². The molecule has 0 aliphatic carbocycles. The maximum Gasteiger partial charge on any atom is 0.319 e. The molecule has 0 bridgehead atoms. The number of nitrogens with zero attached hydrogens (tertiary/aromatic N) is 1. The van der Waals surface area contributed by atoms with Gasteiger partial charge in [0, 0.05) is 18.8 Å². The van der Waals surface area contributed by atoms with E-state index in [0.29, 0.717) is 19.5 Å². The first-order chi connectivity index (χ1) is 12.5. The van der Waals surface area contributed by atoms with Crippen LogP contribution >= 0.6 is 0 Å². The average Bonchev–Trinajstić information content (AvgIpc) is 2.97. The topological polar surface area (TPSA) is 61.4 Å². The number of likely N-dealkylation sites (tertiary alicyclic amines) is 1. The van der Waals surface area contributed by atoms with Gasteiger partial charge < -0.3 is 15.5 Å². The van der Waals surface area contributed by atoms with Crippen LogP contribution in [-0.4, -0.2) is 29.4 Å². The highest BCUT2D eigenvalue weighted by Gasteiger charge is 2.32. The van der Waals surface area contributed by atoms with E-state index in [1.165, 1.54) is 11.1 Å². The third-order valence-corrected chi connectivity index (χ3v) is 4.72. The second kappa shape index (κ2) is 8.04. The second-order valence-corrected chi connectivity index (χ2v) is 6.74. The van der Waals surface area contributed by atoms with E-state index < -0.39 is 6.04 Å². The lowest BCUT2D eigenvalue weighted by Gasteiger charge is -2.17. The molecule has 1 aliphatic rings. The van der Waals surface area contributed by atoms with E-state index in [-0.39, 0.29) is 11.9 Å². The van der Waals surface area contributed by atoms with Crippen molar-refractivity contribution in [3.8, 4) is 0 Å². The van der Waals surface area contributed by atoms with Crippen LogP contribution in [-0.2, 0) is 17.8 Å². The molecule has 136 valence electrons. The Morgan fingerprint density at radius 1 is 1.08 bits per heavy atom. The summed E-state index contributed by atoms with van der Waals surface area (Å²) in [4.78, 5) is 26.5. The van der Waals surface area contributed by atoms with E-state index in [1.54, 1.807) is 4.90 Å². The molecule has 0 unspecified atom stereocenters. The number of urea groups is 1. The number of anilines is 1. The van der Waals surface area contributed by atoms with Crippen molar-refractivity contribution in [2.75, 3.05) is 11.9 Å². The predicted octanol–water partition coefficient (Wildman–Crippen LogP) is 3.48. The van der Waals surface area contributed by atoms with Gasteiger partial charge >= 0.3 is 6.03 Å². The average molecular weight is 351 g/mol. The van der Waals surface area contributed by atoms with E-state index in [1.807, 2.05) is 55.5 Å². The Hall–Kier alpha value is -2.82. The Balaban J connectivity index is 1.52. The van der Waals surface area contributed by atoms with Crippen LogP contribution < -0.4 is 10.6 Å². The lowest BCUT2D eigenvalue weighted by atomic mass is 10.1. The van der Waals surface area contributed by atoms with E-state index in [2.05, 4.69) is 17.6 Å². The van der Waals surface area contributed by atoms with Gasteiger partial charge in [0.25, 0.3) is 0 Å². The molecule has 1 saturated heterocycles. The van der Waals surface area contributed by atoms with Crippen molar-refractivity contribution in [2.24, 2.45) is 0 Å². The SMILES string of the molecule is CCc1ccc(NC(=O)N[C@H]2CCN(Cc3ccc(C)cc3)C2=O)cc1. The molecule has 3 rings (SSSR count). The first-order valence-corrected chi connectivity index (χ1v) is 9.06. The highest BCUT2D eigenvalue weighted by Crippen LogP contribution is 2.16. The summed E-state index contributed by atoms with van der Waals surface area (Å²) >= 11 is 0. The number of amides is 3. The van der Waals surface area contributed by atoms with Crippen LogP contribution in [0.2, 0.25) is 0 Å². The van der Waals surface area contributed by atoms with Crippen molar-refractivity contribution in [3.05, 3.63) is 65.2 Å². The van der Waals surface area contributed by atoms with Crippen LogP contribution in [0.4, 0.5) is 10.5 Å². The van der Waals surface area contributed by atoms with Gasteiger partial charge in [-0.3, -0.25) is 4.79 Å². The minimum Gasteiger partial charge on any atom is -0.336 e. The molecule has 0 spiro atoms. The monoisotopic (exact) mass is 351 g/mol. The number of hydrogen-bond acceptors (Lipinski definition) is 2.